The molecular formula is C21H24ClN3O4. The Morgan fingerprint density at radius 3 is 2.38 bits per heavy atom. The van der Waals surface area contributed by atoms with E-state index in [1.807, 2.05) is 32.0 Å². The largest absolute Gasteiger partial charge is 0.452 e. The second kappa shape index (κ2) is 9.93. The van der Waals surface area contributed by atoms with Crippen LogP contribution in [0.4, 0.5) is 10.5 Å². The zero-order chi connectivity index (χ0) is 21.6. The van der Waals surface area contributed by atoms with Crippen molar-refractivity contribution in [2.24, 2.45) is 5.73 Å². The molecule has 0 saturated carbocycles. The summed E-state index contributed by atoms with van der Waals surface area (Å²) in [5, 5.41) is 5.78. The number of halogens is 1. The third-order valence-electron chi connectivity index (χ3n) is 4.29. The van der Waals surface area contributed by atoms with E-state index in [2.05, 4.69) is 10.6 Å². The number of urea groups is 1. The molecule has 3 amide bonds. The molecule has 0 aliphatic rings. The van der Waals surface area contributed by atoms with Crippen LogP contribution in [0.3, 0.4) is 0 Å². The predicted molar refractivity (Wildman–Crippen MR) is 112 cm³/mol. The third-order valence-corrected chi connectivity index (χ3v) is 4.54. The minimum atomic E-state index is -1.01. The summed E-state index contributed by atoms with van der Waals surface area (Å²) in [5.41, 5.74) is 8.40. The van der Waals surface area contributed by atoms with Gasteiger partial charge in [0.2, 0.25) is 0 Å². The van der Waals surface area contributed by atoms with Crippen molar-refractivity contribution >= 4 is 35.2 Å². The molecule has 2 aromatic rings. The number of amides is 3. The molecule has 0 bridgehead atoms. The van der Waals surface area contributed by atoms with Crippen LogP contribution in [0, 0.1) is 13.8 Å². The van der Waals surface area contributed by atoms with E-state index in [0.717, 1.165) is 11.1 Å². The fourth-order valence-corrected chi connectivity index (χ4v) is 2.82. The molecule has 2 atom stereocenters. The molecule has 29 heavy (non-hydrogen) atoms. The highest BCUT2D eigenvalue weighted by Gasteiger charge is 2.23. The number of ether oxygens (including phenoxy) is 1. The number of rotatable bonds is 7. The van der Waals surface area contributed by atoms with Gasteiger partial charge in [-0.3, -0.25) is 9.59 Å². The van der Waals surface area contributed by atoms with Gasteiger partial charge in [-0.1, -0.05) is 35.9 Å². The Balaban J connectivity index is 2.00. The molecule has 0 aliphatic heterocycles. The summed E-state index contributed by atoms with van der Waals surface area (Å²) in [5.74, 6) is -1.10. The number of hydrogen-bond donors (Lipinski definition) is 3. The molecule has 0 spiro atoms. The molecule has 7 nitrogen and oxygen atoms in total. The van der Waals surface area contributed by atoms with Crippen LogP contribution in [0.25, 0.3) is 0 Å². The Kier molecular flexibility index (Phi) is 7.61. The van der Waals surface area contributed by atoms with E-state index >= 15 is 0 Å². The average molecular weight is 418 g/mol. The lowest BCUT2D eigenvalue weighted by Crippen LogP contribution is -2.36. The van der Waals surface area contributed by atoms with Crippen molar-refractivity contribution in [3.05, 3.63) is 64.2 Å². The third kappa shape index (κ3) is 6.80. The lowest BCUT2D eigenvalue weighted by Gasteiger charge is -2.19. The summed E-state index contributed by atoms with van der Waals surface area (Å²) in [7, 11) is 0. The van der Waals surface area contributed by atoms with Crippen LogP contribution < -0.4 is 16.4 Å². The van der Waals surface area contributed by atoms with E-state index in [1.54, 1.807) is 24.3 Å². The smallest absolute Gasteiger partial charge is 0.312 e. The van der Waals surface area contributed by atoms with Gasteiger partial charge in [-0.05, 0) is 55.7 Å². The Morgan fingerprint density at radius 2 is 1.76 bits per heavy atom. The number of primary amides is 1. The maximum Gasteiger partial charge on any atom is 0.312 e. The second-order valence-electron chi connectivity index (χ2n) is 6.76. The first-order chi connectivity index (χ1) is 13.7. The summed E-state index contributed by atoms with van der Waals surface area (Å²) >= 11 is 5.87. The normalized spacial score (nSPS) is 12.6. The Morgan fingerprint density at radius 1 is 1.10 bits per heavy atom. The molecule has 4 N–H and O–H groups in total. The van der Waals surface area contributed by atoms with Gasteiger partial charge in [-0.25, -0.2) is 4.79 Å². The summed E-state index contributed by atoms with van der Waals surface area (Å²) in [6.07, 6.45) is -1.20. The Labute approximate surface area is 174 Å². The van der Waals surface area contributed by atoms with E-state index in [-0.39, 0.29) is 6.42 Å². The summed E-state index contributed by atoms with van der Waals surface area (Å²) in [6, 6.07) is 10.8. The van der Waals surface area contributed by atoms with Crippen LogP contribution in [-0.4, -0.2) is 24.0 Å². The number of nitrogens with two attached hydrogens (primary N) is 1. The zero-order valence-electron chi connectivity index (χ0n) is 16.5. The first-order valence-electron chi connectivity index (χ1n) is 9.04. The fraction of sp³-hybridized carbons (Fsp3) is 0.286. The predicted octanol–water partition coefficient (Wildman–Crippen LogP) is 3.63. The monoisotopic (exact) mass is 417 g/mol. The SMILES string of the molecule is Cc1ccc(C)c(NC(=O)[C@H](C)OC(=O)C[C@@H](NC(N)=O)c2ccc(Cl)cc2)c1. The number of nitrogens with one attached hydrogen (secondary N) is 2. The van der Waals surface area contributed by atoms with E-state index in [9.17, 15) is 14.4 Å². The van der Waals surface area contributed by atoms with Gasteiger partial charge in [-0.15, -0.1) is 0 Å². The minimum absolute atomic E-state index is 0.189. The standard InChI is InChI=1S/C21H24ClN3O4/c1-12-4-5-13(2)17(10-12)24-20(27)14(3)29-19(26)11-18(25-21(23)28)15-6-8-16(22)9-7-15/h4-10,14,18H,11H2,1-3H3,(H,24,27)(H3,23,25,28)/t14-,18+/m0/s1. The molecule has 0 aliphatic carbocycles. The number of esters is 1. The van der Waals surface area contributed by atoms with Crippen molar-refractivity contribution in [1.82, 2.24) is 5.32 Å². The number of aryl methyl sites for hydroxylation is 2. The molecule has 154 valence electrons. The van der Waals surface area contributed by atoms with Crippen LogP contribution in [0.15, 0.2) is 42.5 Å². The van der Waals surface area contributed by atoms with Crippen molar-refractivity contribution in [1.29, 1.82) is 0 Å². The maximum atomic E-state index is 12.4. The van der Waals surface area contributed by atoms with Crippen LogP contribution in [0.5, 0.6) is 0 Å². The molecule has 0 unspecified atom stereocenters. The van der Waals surface area contributed by atoms with Crippen LogP contribution in [0.2, 0.25) is 5.02 Å². The Bertz CT molecular complexity index is 899. The molecule has 2 aromatic carbocycles. The van der Waals surface area contributed by atoms with Crippen LogP contribution in [0.1, 0.15) is 36.1 Å². The molecule has 0 radical (unpaired) electrons. The quantitative estimate of drug-likeness (QED) is 0.597. The molecule has 0 fully saturated rings. The van der Waals surface area contributed by atoms with E-state index in [4.69, 9.17) is 22.1 Å². The molecular weight excluding hydrogens is 394 g/mol. The average Bonchev–Trinajstić information content (AvgIpc) is 2.64. The summed E-state index contributed by atoms with van der Waals surface area (Å²) < 4.78 is 5.24. The first-order valence-corrected chi connectivity index (χ1v) is 9.42. The maximum absolute atomic E-state index is 12.4. The van der Waals surface area contributed by atoms with Gasteiger partial charge in [-0.2, -0.15) is 0 Å². The van der Waals surface area contributed by atoms with Crippen LogP contribution in [-0.2, 0) is 14.3 Å². The number of benzene rings is 2. The summed E-state index contributed by atoms with van der Waals surface area (Å²) in [4.78, 5) is 36.0. The highest BCUT2D eigenvalue weighted by molar-refractivity contribution is 6.30. The lowest BCUT2D eigenvalue weighted by molar-refractivity contribution is -0.153. The van der Waals surface area contributed by atoms with Crippen LogP contribution >= 0.6 is 11.6 Å². The minimum Gasteiger partial charge on any atom is -0.452 e. The highest BCUT2D eigenvalue weighted by atomic mass is 35.5. The van der Waals surface area contributed by atoms with Gasteiger partial charge in [0.15, 0.2) is 6.10 Å². The highest BCUT2D eigenvalue weighted by Crippen LogP contribution is 2.21. The number of hydrogen-bond acceptors (Lipinski definition) is 4. The number of anilines is 1. The Hall–Kier alpha value is -3.06. The van der Waals surface area contributed by atoms with E-state index < -0.39 is 30.1 Å². The molecule has 0 saturated heterocycles. The van der Waals surface area contributed by atoms with E-state index in [0.29, 0.717) is 16.3 Å². The van der Waals surface area contributed by atoms with Gasteiger partial charge < -0.3 is 21.1 Å². The summed E-state index contributed by atoms with van der Waals surface area (Å²) in [6.45, 7) is 5.27. The lowest BCUT2D eigenvalue weighted by atomic mass is 10.0. The molecule has 2 rings (SSSR count). The second-order valence-corrected chi connectivity index (χ2v) is 7.19. The van der Waals surface area contributed by atoms with Crippen molar-refractivity contribution in [3.8, 4) is 0 Å². The van der Waals surface area contributed by atoms with Gasteiger partial charge in [0.1, 0.15) is 0 Å². The van der Waals surface area contributed by atoms with Gasteiger partial charge in [0.05, 0.1) is 12.5 Å². The van der Waals surface area contributed by atoms with Gasteiger partial charge in [0, 0.05) is 10.7 Å². The van der Waals surface area contributed by atoms with Crippen molar-refractivity contribution in [3.63, 3.8) is 0 Å². The van der Waals surface area contributed by atoms with E-state index in [1.165, 1.54) is 6.92 Å². The molecule has 0 aromatic heterocycles. The molecule has 8 heteroatoms. The van der Waals surface area contributed by atoms with Gasteiger partial charge in [0.25, 0.3) is 5.91 Å². The molecule has 0 heterocycles. The van der Waals surface area contributed by atoms with Crippen molar-refractivity contribution in [2.45, 2.75) is 39.3 Å². The van der Waals surface area contributed by atoms with Crippen molar-refractivity contribution in [2.75, 3.05) is 5.32 Å². The fourth-order valence-electron chi connectivity index (χ4n) is 2.69. The first kappa shape index (κ1) is 22.2. The topological polar surface area (TPSA) is 111 Å². The zero-order valence-corrected chi connectivity index (χ0v) is 17.2. The van der Waals surface area contributed by atoms with Gasteiger partial charge >= 0.3 is 12.0 Å². The number of carbonyl (C=O) groups excluding carboxylic acids is 3. The van der Waals surface area contributed by atoms with Crippen molar-refractivity contribution < 1.29 is 19.1 Å². The number of carbonyl (C=O) groups is 3.